The van der Waals surface area contributed by atoms with E-state index >= 15 is 0 Å². The summed E-state index contributed by atoms with van der Waals surface area (Å²) in [5.74, 6) is 1.32. The van der Waals surface area contributed by atoms with Gasteiger partial charge < -0.3 is 24.1 Å². The van der Waals surface area contributed by atoms with Crippen LogP contribution in [0.2, 0.25) is 0 Å². The highest BCUT2D eigenvalue weighted by Crippen LogP contribution is 2.33. The fourth-order valence-corrected chi connectivity index (χ4v) is 4.20. The Morgan fingerprint density at radius 2 is 2.03 bits per heavy atom. The first-order valence-corrected chi connectivity index (χ1v) is 10.9. The first-order valence-electron chi connectivity index (χ1n) is 10.9. The van der Waals surface area contributed by atoms with E-state index in [1.807, 2.05) is 12.1 Å². The number of hydrogen-bond acceptors (Lipinski definition) is 7. The molecule has 7 nitrogen and oxygen atoms in total. The topological polar surface area (TPSA) is 80.3 Å². The predicted molar refractivity (Wildman–Crippen MR) is 119 cm³/mol. The number of oxime groups is 1. The van der Waals surface area contributed by atoms with E-state index in [0.29, 0.717) is 35.3 Å². The first-order chi connectivity index (χ1) is 15.6. The van der Waals surface area contributed by atoms with Crippen LogP contribution in [0.15, 0.2) is 46.1 Å². The molecule has 8 heteroatoms. The second-order valence-corrected chi connectivity index (χ2v) is 8.08. The molecule has 2 heterocycles. The Hall–Kier alpha value is -3.13. The number of fused-ring (bicyclic) bond motifs is 1. The third-order valence-corrected chi connectivity index (χ3v) is 6.04. The molecule has 0 aliphatic carbocycles. The van der Waals surface area contributed by atoms with E-state index in [1.54, 1.807) is 26.2 Å². The molecule has 1 aliphatic rings. The van der Waals surface area contributed by atoms with E-state index in [0.717, 1.165) is 55.5 Å². The van der Waals surface area contributed by atoms with Gasteiger partial charge in [-0.3, -0.25) is 0 Å². The number of halogens is 1. The van der Waals surface area contributed by atoms with Crippen molar-refractivity contribution in [1.82, 2.24) is 10.1 Å². The second kappa shape index (κ2) is 9.99. The predicted octanol–water partition coefficient (Wildman–Crippen LogP) is 4.82. The van der Waals surface area contributed by atoms with Crippen LogP contribution in [0.3, 0.4) is 0 Å². The highest BCUT2D eigenvalue weighted by atomic mass is 19.1. The van der Waals surface area contributed by atoms with Crippen LogP contribution in [0.4, 0.5) is 4.39 Å². The Bertz CT molecular complexity index is 1090. The summed E-state index contributed by atoms with van der Waals surface area (Å²) in [5.41, 5.74) is 2.76. The molecular formula is C24H28FN3O4. The maximum absolute atomic E-state index is 13.4. The van der Waals surface area contributed by atoms with Gasteiger partial charge in [-0.05, 0) is 69.6 Å². The van der Waals surface area contributed by atoms with Crippen molar-refractivity contribution in [2.75, 3.05) is 33.4 Å². The highest BCUT2D eigenvalue weighted by molar-refractivity contribution is 5.98. The summed E-state index contributed by atoms with van der Waals surface area (Å²) in [7, 11) is 1.59. The van der Waals surface area contributed by atoms with Crippen LogP contribution in [-0.4, -0.2) is 54.3 Å². The van der Waals surface area contributed by atoms with Crippen LogP contribution in [0, 0.1) is 5.82 Å². The quantitative estimate of drug-likeness (QED) is 0.234. The van der Waals surface area contributed by atoms with E-state index in [9.17, 15) is 4.39 Å². The summed E-state index contributed by atoms with van der Waals surface area (Å²) in [6.45, 7) is 5.23. The van der Waals surface area contributed by atoms with Gasteiger partial charge in [-0.1, -0.05) is 10.3 Å². The fourth-order valence-electron chi connectivity index (χ4n) is 4.20. The van der Waals surface area contributed by atoms with Gasteiger partial charge in [0.2, 0.25) is 0 Å². The smallest absolute Gasteiger partial charge is 0.170 e. The molecule has 1 saturated heterocycles. The number of likely N-dealkylation sites (tertiary alicyclic amines) is 1. The lowest BCUT2D eigenvalue weighted by atomic mass is 9.91. The maximum Gasteiger partial charge on any atom is 0.170 e. The highest BCUT2D eigenvalue weighted by Gasteiger charge is 2.25. The van der Waals surface area contributed by atoms with Crippen molar-refractivity contribution in [2.45, 2.75) is 32.1 Å². The van der Waals surface area contributed by atoms with Gasteiger partial charge in [-0.25, -0.2) is 4.39 Å². The van der Waals surface area contributed by atoms with Crippen LogP contribution >= 0.6 is 0 Å². The van der Waals surface area contributed by atoms with Crippen molar-refractivity contribution >= 4 is 16.7 Å². The van der Waals surface area contributed by atoms with Gasteiger partial charge in [0.25, 0.3) is 0 Å². The molecule has 0 saturated carbocycles. The van der Waals surface area contributed by atoms with E-state index in [-0.39, 0.29) is 5.82 Å². The van der Waals surface area contributed by atoms with Crippen molar-refractivity contribution < 1.29 is 23.6 Å². The summed E-state index contributed by atoms with van der Waals surface area (Å²) in [6, 6.07) is 10.1. The van der Waals surface area contributed by atoms with Crippen molar-refractivity contribution in [3.63, 3.8) is 0 Å². The van der Waals surface area contributed by atoms with Crippen LogP contribution in [0.25, 0.3) is 11.0 Å². The Kier molecular flexibility index (Phi) is 6.90. The molecule has 32 heavy (non-hydrogen) atoms. The minimum atomic E-state index is -0.306. The van der Waals surface area contributed by atoms with Crippen LogP contribution in [0.1, 0.15) is 43.4 Å². The molecule has 0 spiro atoms. The zero-order chi connectivity index (χ0) is 22.5. The SMILES string of the molecule is COc1cc(C(C)=NO)ccc1OCCCN1CCC(c2noc3cc(F)ccc23)CC1. The number of ether oxygens (including phenoxy) is 2. The molecule has 0 amide bonds. The lowest BCUT2D eigenvalue weighted by Gasteiger charge is -2.31. The molecule has 1 N–H and O–H groups in total. The van der Waals surface area contributed by atoms with Crippen LogP contribution in [0.5, 0.6) is 11.5 Å². The zero-order valence-electron chi connectivity index (χ0n) is 18.4. The number of piperidine rings is 1. The summed E-state index contributed by atoms with van der Waals surface area (Å²) in [4.78, 5) is 2.43. The molecule has 4 rings (SSSR count). The first kappa shape index (κ1) is 22.1. The van der Waals surface area contributed by atoms with Crippen molar-refractivity contribution in [2.24, 2.45) is 5.16 Å². The largest absolute Gasteiger partial charge is 0.493 e. The zero-order valence-corrected chi connectivity index (χ0v) is 18.4. The van der Waals surface area contributed by atoms with Gasteiger partial charge in [0.05, 0.1) is 25.1 Å². The summed E-state index contributed by atoms with van der Waals surface area (Å²) >= 11 is 0. The Balaban J connectivity index is 1.24. The molecule has 0 atom stereocenters. The van der Waals surface area contributed by atoms with E-state index in [1.165, 1.54) is 12.1 Å². The average molecular weight is 442 g/mol. The summed E-state index contributed by atoms with van der Waals surface area (Å²) < 4.78 is 30.0. The lowest BCUT2D eigenvalue weighted by Crippen LogP contribution is -2.34. The maximum atomic E-state index is 13.4. The molecule has 1 fully saturated rings. The number of aromatic nitrogens is 1. The number of benzene rings is 2. The number of nitrogens with zero attached hydrogens (tertiary/aromatic N) is 3. The third-order valence-electron chi connectivity index (χ3n) is 6.04. The molecule has 0 radical (unpaired) electrons. The Morgan fingerprint density at radius 3 is 2.78 bits per heavy atom. The molecule has 0 bridgehead atoms. The molecule has 3 aromatic rings. The minimum Gasteiger partial charge on any atom is -0.493 e. The number of hydrogen-bond donors (Lipinski definition) is 1. The standard InChI is InChI=1S/C24H28FN3O4/c1-16(26-29)18-4-7-21(23(14-18)30-2)31-13-3-10-28-11-8-17(9-12-28)24-20-6-5-19(25)15-22(20)32-27-24/h4-7,14-15,17,29H,3,8-13H2,1-2H3. The Morgan fingerprint density at radius 1 is 1.22 bits per heavy atom. The summed E-state index contributed by atoms with van der Waals surface area (Å²) in [6.07, 6.45) is 2.90. The van der Waals surface area contributed by atoms with Gasteiger partial charge in [0.1, 0.15) is 5.82 Å². The van der Waals surface area contributed by atoms with Crippen molar-refractivity contribution in [3.05, 3.63) is 53.5 Å². The molecule has 1 aromatic heterocycles. The molecule has 2 aromatic carbocycles. The van der Waals surface area contributed by atoms with Gasteiger partial charge in [-0.2, -0.15) is 0 Å². The van der Waals surface area contributed by atoms with Crippen molar-refractivity contribution in [3.8, 4) is 11.5 Å². The second-order valence-electron chi connectivity index (χ2n) is 8.08. The van der Waals surface area contributed by atoms with E-state index < -0.39 is 0 Å². The summed E-state index contributed by atoms with van der Waals surface area (Å²) in [5, 5.41) is 17.3. The number of methoxy groups -OCH3 is 1. The van der Waals surface area contributed by atoms with Crippen molar-refractivity contribution in [1.29, 1.82) is 0 Å². The average Bonchev–Trinajstić information content (AvgIpc) is 3.24. The van der Waals surface area contributed by atoms with Gasteiger partial charge in [-0.15, -0.1) is 0 Å². The normalized spacial score (nSPS) is 15.9. The third kappa shape index (κ3) is 4.85. The van der Waals surface area contributed by atoms with Gasteiger partial charge >= 0.3 is 0 Å². The fraction of sp³-hybridized carbons (Fsp3) is 0.417. The minimum absolute atomic E-state index is 0.306. The van der Waals surface area contributed by atoms with Gasteiger partial charge in [0.15, 0.2) is 17.1 Å². The molecule has 0 unspecified atom stereocenters. The molecule has 1 aliphatic heterocycles. The molecule has 170 valence electrons. The van der Waals surface area contributed by atoms with E-state index in [4.69, 9.17) is 19.2 Å². The van der Waals surface area contributed by atoms with Crippen LogP contribution < -0.4 is 9.47 Å². The van der Waals surface area contributed by atoms with Gasteiger partial charge in [0, 0.05) is 29.5 Å². The Labute approximate surface area is 186 Å². The van der Waals surface area contributed by atoms with Crippen LogP contribution in [-0.2, 0) is 0 Å². The molecular weight excluding hydrogens is 413 g/mol. The number of rotatable bonds is 8. The van der Waals surface area contributed by atoms with E-state index in [2.05, 4.69) is 15.2 Å². The monoisotopic (exact) mass is 441 g/mol. The lowest BCUT2D eigenvalue weighted by molar-refractivity contribution is 0.189.